The summed E-state index contributed by atoms with van der Waals surface area (Å²) < 4.78 is 0. The summed E-state index contributed by atoms with van der Waals surface area (Å²) in [6, 6.07) is 6.45. The lowest BCUT2D eigenvalue weighted by molar-refractivity contribution is 0.0159. The summed E-state index contributed by atoms with van der Waals surface area (Å²) in [7, 11) is 6.66. The van der Waals surface area contributed by atoms with E-state index in [0.29, 0.717) is 17.3 Å². The van der Waals surface area contributed by atoms with Gasteiger partial charge in [0.25, 0.3) is 0 Å². The zero-order chi connectivity index (χ0) is 14.3. The van der Waals surface area contributed by atoms with Crippen molar-refractivity contribution in [2.75, 3.05) is 27.7 Å². The SMILES string of the molecule is CN(CC1(N(C)C)CCC1)C1CCc2c(O)cccc21. The highest BCUT2D eigenvalue weighted by Crippen LogP contribution is 2.42. The van der Waals surface area contributed by atoms with Crippen LogP contribution in [0.5, 0.6) is 5.75 Å². The summed E-state index contributed by atoms with van der Waals surface area (Å²) in [6.45, 7) is 1.12. The van der Waals surface area contributed by atoms with Gasteiger partial charge in [0.2, 0.25) is 0 Å². The molecule has 1 aromatic carbocycles. The van der Waals surface area contributed by atoms with E-state index in [1.807, 2.05) is 12.1 Å². The van der Waals surface area contributed by atoms with E-state index < -0.39 is 0 Å². The summed E-state index contributed by atoms with van der Waals surface area (Å²) in [6.07, 6.45) is 6.11. The Morgan fingerprint density at radius 3 is 2.60 bits per heavy atom. The van der Waals surface area contributed by atoms with Crippen molar-refractivity contribution in [3.63, 3.8) is 0 Å². The van der Waals surface area contributed by atoms with Gasteiger partial charge in [-0.25, -0.2) is 0 Å². The zero-order valence-electron chi connectivity index (χ0n) is 12.9. The fourth-order valence-corrected chi connectivity index (χ4v) is 3.98. The van der Waals surface area contributed by atoms with Crippen LogP contribution in [-0.2, 0) is 6.42 Å². The van der Waals surface area contributed by atoms with E-state index >= 15 is 0 Å². The summed E-state index contributed by atoms with van der Waals surface area (Å²) in [5.74, 6) is 0.476. The molecule has 3 nitrogen and oxygen atoms in total. The van der Waals surface area contributed by atoms with Crippen LogP contribution in [0.2, 0.25) is 0 Å². The number of hydrogen-bond donors (Lipinski definition) is 1. The van der Waals surface area contributed by atoms with E-state index in [9.17, 15) is 5.11 Å². The Morgan fingerprint density at radius 1 is 1.25 bits per heavy atom. The monoisotopic (exact) mass is 274 g/mol. The minimum atomic E-state index is 0.369. The van der Waals surface area contributed by atoms with Gasteiger partial charge in [0.1, 0.15) is 5.75 Å². The van der Waals surface area contributed by atoms with E-state index in [0.717, 1.165) is 24.9 Å². The number of hydrogen-bond acceptors (Lipinski definition) is 3. The highest BCUT2D eigenvalue weighted by molar-refractivity contribution is 5.44. The van der Waals surface area contributed by atoms with Crippen LogP contribution in [-0.4, -0.2) is 48.1 Å². The van der Waals surface area contributed by atoms with Crippen LogP contribution < -0.4 is 0 Å². The van der Waals surface area contributed by atoms with E-state index in [-0.39, 0.29) is 0 Å². The van der Waals surface area contributed by atoms with Gasteiger partial charge in [-0.1, -0.05) is 12.1 Å². The molecule has 2 aliphatic carbocycles. The van der Waals surface area contributed by atoms with Crippen LogP contribution in [0.1, 0.15) is 42.9 Å². The molecule has 0 heterocycles. The second-order valence-corrected chi connectivity index (χ2v) is 6.79. The molecule has 0 aliphatic heterocycles. The van der Waals surface area contributed by atoms with Crippen molar-refractivity contribution in [3.8, 4) is 5.75 Å². The van der Waals surface area contributed by atoms with Crippen molar-refractivity contribution in [2.24, 2.45) is 0 Å². The summed E-state index contributed by atoms with van der Waals surface area (Å²) in [5.41, 5.74) is 2.87. The molecule has 0 aromatic heterocycles. The number of phenols is 1. The average molecular weight is 274 g/mol. The molecular weight excluding hydrogens is 248 g/mol. The van der Waals surface area contributed by atoms with E-state index in [4.69, 9.17) is 0 Å². The van der Waals surface area contributed by atoms with Crippen molar-refractivity contribution >= 4 is 0 Å². The van der Waals surface area contributed by atoms with E-state index in [1.54, 1.807) is 0 Å². The average Bonchev–Trinajstić information content (AvgIpc) is 2.78. The zero-order valence-corrected chi connectivity index (χ0v) is 12.9. The normalized spacial score (nSPS) is 23.9. The summed E-state index contributed by atoms with van der Waals surface area (Å²) in [4.78, 5) is 4.91. The number of phenolic OH excluding ortho intramolecular Hbond substituents is 1. The summed E-state index contributed by atoms with van der Waals surface area (Å²) >= 11 is 0. The molecule has 2 aliphatic rings. The predicted molar refractivity (Wildman–Crippen MR) is 82.1 cm³/mol. The molecule has 3 rings (SSSR count). The molecule has 0 saturated heterocycles. The Morgan fingerprint density at radius 2 is 2.00 bits per heavy atom. The van der Waals surface area contributed by atoms with Gasteiger partial charge in [-0.05, 0) is 70.4 Å². The van der Waals surface area contributed by atoms with Crippen LogP contribution in [0.15, 0.2) is 18.2 Å². The Balaban J connectivity index is 1.77. The van der Waals surface area contributed by atoms with Crippen LogP contribution in [0, 0.1) is 0 Å². The van der Waals surface area contributed by atoms with Crippen molar-refractivity contribution in [3.05, 3.63) is 29.3 Å². The number of rotatable bonds is 4. The smallest absolute Gasteiger partial charge is 0.119 e. The Bertz CT molecular complexity index is 494. The standard InChI is InChI=1S/C17H26N2O/c1-18(2)17(10-5-11-17)12-19(3)15-9-8-14-13(15)6-4-7-16(14)20/h4,6-7,15,20H,5,8-12H2,1-3H3. The van der Waals surface area contributed by atoms with E-state index in [2.05, 4.69) is 37.0 Å². The molecule has 1 N–H and O–H groups in total. The molecule has 1 atom stereocenters. The van der Waals surface area contributed by atoms with Gasteiger partial charge in [-0.2, -0.15) is 0 Å². The highest BCUT2D eigenvalue weighted by Gasteiger charge is 2.41. The molecule has 0 spiro atoms. The lowest BCUT2D eigenvalue weighted by Gasteiger charge is -2.50. The molecule has 0 amide bonds. The lowest BCUT2D eigenvalue weighted by atomic mass is 9.75. The first-order valence-corrected chi connectivity index (χ1v) is 7.72. The van der Waals surface area contributed by atoms with Gasteiger partial charge in [0, 0.05) is 18.1 Å². The first-order chi connectivity index (χ1) is 9.53. The first-order valence-electron chi connectivity index (χ1n) is 7.72. The molecule has 0 bridgehead atoms. The van der Waals surface area contributed by atoms with Crippen LogP contribution >= 0.6 is 0 Å². The molecule has 0 radical (unpaired) electrons. The fraction of sp³-hybridized carbons (Fsp3) is 0.647. The fourth-order valence-electron chi connectivity index (χ4n) is 3.98. The Labute approximate surface area is 122 Å². The topological polar surface area (TPSA) is 26.7 Å². The maximum Gasteiger partial charge on any atom is 0.119 e. The molecule has 1 saturated carbocycles. The molecule has 20 heavy (non-hydrogen) atoms. The number of fused-ring (bicyclic) bond motifs is 1. The molecule has 3 heteroatoms. The first kappa shape index (κ1) is 13.9. The van der Waals surface area contributed by atoms with Gasteiger partial charge < -0.3 is 10.0 Å². The minimum Gasteiger partial charge on any atom is -0.508 e. The van der Waals surface area contributed by atoms with Gasteiger partial charge in [0.15, 0.2) is 0 Å². The van der Waals surface area contributed by atoms with E-state index in [1.165, 1.54) is 24.8 Å². The number of aromatic hydroxyl groups is 1. The number of likely N-dealkylation sites (N-methyl/N-ethyl adjacent to an activating group) is 2. The largest absolute Gasteiger partial charge is 0.508 e. The minimum absolute atomic E-state index is 0.369. The Kier molecular flexibility index (Phi) is 3.51. The second-order valence-electron chi connectivity index (χ2n) is 6.79. The van der Waals surface area contributed by atoms with Crippen molar-refractivity contribution in [1.82, 2.24) is 9.80 Å². The highest BCUT2D eigenvalue weighted by atomic mass is 16.3. The molecule has 1 unspecified atom stereocenters. The molecular formula is C17H26N2O. The van der Waals surface area contributed by atoms with Crippen LogP contribution in [0.25, 0.3) is 0 Å². The van der Waals surface area contributed by atoms with Gasteiger partial charge >= 0.3 is 0 Å². The third-order valence-corrected chi connectivity index (χ3v) is 5.52. The van der Waals surface area contributed by atoms with Crippen molar-refractivity contribution < 1.29 is 5.11 Å². The Hall–Kier alpha value is -1.06. The number of nitrogens with zero attached hydrogens (tertiary/aromatic N) is 2. The summed E-state index contributed by atoms with van der Waals surface area (Å²) in [5, 5.41) is 9.98. The third-order valence-electron chi connectivity index (χ3n) is 5.52. The molecule has 110 valence electrons. The van der Waals surface area contributed by atoms with Gasteiger partial charge in [-0.15, -0.1) is 0 Å². The quantitative estimate of drug-likeness (QED) is 0.914. The second kappa shape index (κ2) is 5.05. The van der Waals surface area contributed by atoms with Gasteiger partial charge in [0.05, 0.1) is 0 Å². The van der Waals surface area contributed by atoms with Crippen molar-refractivity contribution in [1.29, 1.82) is 0 Å². The van der Waals surface area contributed by atoms with Gasteiger partial charge in [-0.3, -0.25) is 4.90 Å². The van der Waals surface area contributed by atoms with Crippen molar-refractivity contribution in [2.45, 2.75) is 43.7 Å². The molecule has 1 aromatic rings. The maximum absolute atomic E-state index is 9.98. The lowest BCUT2D eigenvalue weighted by Crippen LogP contribution is -2.56. The number of benzene rings is 1. The predicted octanol–water partition coefficient (Wildman–Crippen LogP) is 2.80. The maximum atomic E-state index is 9.98. The third kappa shape index (κ3) is 2.13. The van der Waals surface area contributed by atoms with Crippen LogP contribution in [0.3, 0.4) is 0 Å². The van der Waals surface area contributed by atoms with Crippen LogP contribution in [0.4, 0.5) is 0 Å². The molecule has 1 fully saturated rings.